The Bertz CT molecular complexity index is 346. The number of nitrogens with one attached hydrogen (secondary N) is 1. The van der Waals surface area contributed by atoms with Crippen LogP contribution in [0.4, 0.5) is 0 Å². The second kappa shape index (κ2) is 4.26. The van der Waals surface area contributed by atoms with E-state index in [2.05, 4.69) is 17.5 Å². The van der Waals surface area contributed by atoms with Gasteiger partial charge in [-0.05, 0) is 49.5 Å². The fraction of sp³-hybridized carbons (Fsp3) is 0.417. The van der Waals surface area contributed by atoms with E-state index in [1.54, 1.807) is 0 Å². The molecule has 2 nitrogen and oxygen atoms in total. The third kappa shape index (κ3) is 2.12. The number of nitriles is 1. The van der Waals surface area contributed by atoms with Crippen molar-refractivity contribution in [1.29, 1.82) is 5.26 Å². The normalized spacial score (nSPS) is 20.6. The molecule has 0 unspecified atom stereocenters. The summed E-state index contributed by atoms with van der Waals surface area (Å²) in [6.45, 7) is 2.26. The third-order valence-electron chi connectivity index (χ3n) is 2.74. The van der Waals surface area contributed by atoms with Crippen LogP contribution in [-0.2, 0) is 6.42 Å². The first kappa shape index (κ1) is 9.23. The van der Waals surface area contributed by atoms with Crippen LogP contribution in [-0.4, -0.2) is 13.1 Å². The second-order valence-corrected chi connectivity index (χ2v) is 3.88. The Morgan fingerprint density at radius 3 is 3.14 bits per heavy atom. The molecule has 2 rings (SSSR count). The van der Waals surface area contributed by atoms with E-state index in [0.29, 0.717) is 0 Å². The highest BCUT2D eigenvalue weighted by Gasteiger charge is 2.14. The smallest absolute Gasteiger partial charge is 0.0991 e. The number of nitrogens with zero attached hydrogens (tertiary/aromatic N) is 1. The SMILES string of the molecule is N#Cc1cccc(C[C@H]2CCNC2)c1. The lowest BCUT2D eigenvalue weighted by atomic mass is 9.98. The number of hydrogen-bond donors (Lipinski definition) is 1. The molecular formula is C12H14N2. The zero-order chi connectivity index (χ0) is 9.80. The van der Waals surface area contributed by atoms with Crippen LogP contribution in [0.1, 0.15) is 17.5 Å². The van der Waals surface area contributed by atoms with Crippen molar-refractivity contribution in [1.82, 2.24) is 5.32 Å². The van der Waals surface area contributed by atoms with Gasteiger partial charge in [0.05, 0.1) is 11.6 Å². The molecule has 1 fully saturated rings. The van der Waals surface area contributed by atoms with E-state index in [1.807, 2.05) is 18.2 Å². The molecule has 0 spiro atoms. The summed E-state index contributed by atoms with van der Waals surface area (Å²) < 4.78 is 0. The van der Waals surface area contributed by atoms with E-state index in [0.717, 1.165) is 31.0 Å². The third-order valence-corrected chi connectivity index (χ3v) is 2.74. The summed E-state index contributed by atoms with van der Waals surface area (Å²) in [5.74, 6) is 0.754. The Kier molecular flexibility index (Phi) is 2.81. The van der Waals surface area contributed by atoms with Gasteiger partial charge in [-0.2, -0.15) is 5.26 Å². The zero-order valence-corrected chi connectivity index (χ0v) is 8.16. The first-order chi connectivity index (χ1) is 6.88. The van der Waals surface area contributed by atoms with E-state index in [-0.39, 0.29) is 0 Å². The van der Waals surface area contributed by atoms with Gasteiger partial charge in [-0.1, -0.05) is 12.1 Å². The predicted octanol–water partition coefficient (Wildman–Crippen LogP) is 1.71. The molecule has 1 saturated heterocycles. The molecule has 2 heteroatoms. The van der Waals surface area contributed by atoms with Crippen LogP contribution in [0.25, 0.3) is 0 Å². The topological polar surface area (TPSA) is 35.8 Å². The molecular weight excluding hydrogens is 172 g/mol. The quantitative estimate of drug-likeness (QED) is 0.763. The first-order valence-corrected chi connectivity index (χ1v) is 5.08. The van der Waals surface area contributed by atoms with Gasteiger partial charge < -0.3 is 5.32 Å². The van der Waals surface area contributed by atoms with Crippen LogP contribution in [0.3, 0.4) is 0 Å². The molecule has 1 aliphatic heterocycles. The van der Waals surface area contributed by atoms with Crippen molar-refractivity contribution in [2.75, 3.05) is 13.1 Å². The molecule has 1 aliphatic rings. The highest BCUT2D eigenvalue weighted by molar-refractivity contribution is 5.32. The summed E-state index contributed by atoms with van der Waals surface area (Å²) in [5, 5.41) is 12.1. The van der Waals surface area contributed by atoms with Crippen LogP contribution in [0, 0.1) is 17.2 Å². The maximum Gasteiger partial charge on any atom is 0.0991 e. The molecule has 0 amide bonds. The van der Waals surface area contributed by atoms with Crippen molar-refractivity contribution < 1.29 is 0 Å². The van der Waals surface area contributed by atoms with Crippen molar-refractivity contribution in [2.45, 2.75) is 12.8 Å². The summed E-state index contributed by atoms with van der Waals surface area (Å²) in [4.78, 5) is 0. The Morgan fingerprint density at radius 2 is 2.43 bits per heavy atom. The molecule has 0 radical (unpaired) electrons. The van der Waals surface area contributed by atoms with Gasteiger partial charge in [0.1, 0.15) is 0 Å². The fourth-order valence-corrected chi connectivity index (χ4v) is 1.99. The van der Waals surface area contributed by atoms with E-state index in [4.69, 9.17) is 5.26 Å². The van der Waals surface area contributed by atoms with Gasteiger partial charge in [-0.3, -0.25) is 0 Å². The maximum atomic E-state index is 8.76. The van der Waals surface area contributed by atoms with Gasteiger partial charge in [-0.15, -0.1) is 0 Å². The molecule has 14 heavy (non-hydrogen) atoms. The van der Waals surface area contributed by atoms with Crippen molar-refractivity contribution in [2.24, 2.45) is 5.92 Å². The number of hydrogen-bond acceptors (Lipinski definition) is 2. The summed E-state index contributed by atoms with van der Waals surface area (Å²) >= 11 is 0. The fourth-order valence-electron chi connectivity index (χ4n) is 1.99. The average Bonchev–Trinajstić information content (AvgIpc) is 2.71. The van der Waals surface area contributed by atoms with Crippen LogP contribution in [0.15, 0.2) is 24.3 Å². The van der Waals surface area contributed by atoms with Crippen molar-refractivity contribution >= 4 is 0 Å². The first-order valence-electron chi connectivity index (χ1n) is 5.08. The van der Waals surface area contributed by atoms with Crippen molar-refractivity contribution in [3.8, 4) is 6.07 Å². The van der Waals surface area contributed by atoms with Gasteiger partial charge in [-0.25, -0.2) is 0 Å². The molecule has 1 heterocycles. The van der Waals surface area contributed by atoms with Gasteiger partial charge in [0.25, 0.3) is 0 Å². The molecule has 72 valence electrons. The minimum Gasteiger partial charge on any atom is -0.316 e. The Labute approximate surface area is 84.6 Å². The molecule has 1 N–H and O–H groups in total. The lowest BCUT2D eigenvalue weighted by Crippen LogP contribution is -2.10. The standard InChI is InChI=1S/C12H14N2/c13-8-11-3-1-2-10(6-11)7-12-4-5-14-9-12/h1-3,6,12,14H,4-5,7,9H2/t12-/m1/s1. The van der Waals surface area contributed by atoms with E-state index < -0.39 is 0 Å². The minimum atomic E-state index is 0.754. The number of rotatable bonds is 2. The van der Waals surface area contributed by atoms with E-state index in [9.17, 15) is 0 Å². The average molecular weight is 186 g/mol. The molecule has 0 bridgehead atoms. The van der Waals surface area contributed by atoms with Crippen LogP contribution >= 0.6 is 0 Å². The number of benzene rings is 1. The molecule has 0 saturated carbocycles. The van der Waals surface area contributed by atoms with Gasteiger partial charge in [0, 0.05) is 0 Å². The Hall–Kier alpha value is -1.33. The maximum absolute atomic E-state index is 8.76. The monoisotopic (exact) mass is 186 g/mol. The summed E-state index contributed by atoms with van der Waals surface area (Å²) in [6.07, 6.45) is 2.36. The largest absolute Gasteiger partial charge is 0.316 e. The molecule has 1 aromatic carbocycles. The van der Waals surface area contributed by atoms with Crippen molar-refractivity contribution in [3.05, 3.63) is 35.4 Å². The molecule has 1 aromatic rings. The zero-order valence-electron chi connectivity index (χ0n) is 8.16. The van der Waals surface area contributed by atoms with Crippen molar-refractivity contribution in [3.63, 3.8) is 0 Å². The van der Waals surface area contributed by atoms with Gasteiger partial charge in [0.2, 0.25) is 0 Å². The lowest BCUT2D eigenvalue weighted by Gasteiger charge is -2.07. The lowest BCUT2D eigenvalue weighted by molar-refractivity contribution is 0.580. The van der Waals surface area contributed by atoms with E-state index >= 15 is 0 Å². The summed E-state index contributed by atoms with van der Waals surface area (Å²) in [5.41, 5.74) is 2.06. The van der Waals surface area contributed by atoms with Crippen LogP contribution in [0.2, 0.25) is 0 Å². The molecule has 0 aromatic heterocycles. The summed E-state index contributed by atoms with van der Waals surface area (Å²) in [6, 6.07) is 10.1. The highest BCUT2D eigenvalue weighted by Crippen LogP contribution is 2.15. The summed E-state index contributed by atoms with van der Waals surface area (Å²) in [7, 11) is 0. The Morgan fingerprint density at radius 1 is 1.50 bits per heavy atom. The van der Waals surface area contributed by atoms with E-state index in [1.165, 1.54) is 12.0 Å². The predicted molar refractivity (Wildman–Crippen MR) is 55.8 cm³/mol. The minimum absolute atomic E-state index is 0.754. The Balaban J connectivity index is 2.05. The van der Waals surface area contributed by atoms with Crippen LogP contribution in [0.5, 0.6) is 0 Å². The van der Waals surface area contributed by atoms with Gasteiger partial charge in [0.15, 0.2) is 0 Å². The molecule has 0 aliphatic carbocycles. The van der Waals surface area contributed by atoms with Gasteiger partial charge >= 0.3 is 0 Å². The molecule has 1 atom stereocenters. The van der Waals surface area contributed by atoms with Crippen LogP contribution < -0.4 is 5.32 Å². The highest BCUT2D eigenvalue weighted by atomic mass is 14.9. The second-order valence-electron chi connectivity index (χ2n) is 3.88.